The number of hydrogen-bond donors (Lipinski definition) is 1. The minimum atomic E-state index is -3.48. The lowest BCUT2D eigenvalue weighted by Gasteiger charge is -2.25. The van der Waals surface area contributed by atoms with E-state index in [0.29, 0.717) is 36.7 Å². The van der Waals surface area contributed by atoms with Crippen molar-refractivity contribution in [3.63, 3.8) is 0 Å². The van der Waals surface area contributed by atoms with Crippen LogP contribution in [0.4, 0.5) is 0 Å². The van der Waals surface area contributed by atoms with Crippen LogP contribution < -0.4 is 5.32 Å². The van der Waals surface area contributed by atoms with Crippen LogP contribution in [-0.4, -0.2) is 43.9 Å². The van der Waals surface area contributed by atoms with Crippen molar-refractivity contribution in [1.29, 1.82) is 0 Å². The van der Waals surface area contributed by atoms with Crippen molar-refractivity contribution in [2.24, 2.45) is 0 Å². The Morgan fingerprint density at radius 3 is 2.79 bits per heavy atom. The zero-order valence-corrected chi connectivity index (χ0v) is 12.4. The summed E-state index contributed by atoms with van der Waals surface area (Å²) < 4.78 is 27.3. The summed E-state index contributed by atoms with van der Waals surface area (Å²) in [6.07, 6.45) is 0. The number of nitrogens with one attached hydrogen (secondary N) is 1. The van der Waals surface area contributed by atoms with Crippen LogP contribution in [0.1, 0.15) is 0 Å². The average molecular weight is 318 g/mol. The van der Waals surface area contributed by atoms with Crippen molar-refractivity contribution in [3.8, 4) is 0 Å². The molecule has 1 aliphatic heterocycles. The molecule has 0 bridgehead atoms. The fourth-order valence-corrected chi connectivity index (χ4v) is 5.06. The number of piperazine rings is 1. The molecule has 0 amide bonds. The van der Waals surface area contributed by atoms with Gasteiger partial charge in [0.1, 0.15) is 0 Å². The third kappa shape index (κ3) is 2.48. The Hall–Kier alpha value is -0.730. The number of rotatable bonds is 2. The van der Waals surface area contributed by atoms with E-state index in [9.17, 15) is 8.42 Å². The first kappa shape index (κ1) is 13.3. The summed E-state index contributed by atoms with van der Waals surface area (Å²) in [6.45, 7) is 2.32. The van der Waals surface area contributed by atoms with Gasteiger partial charge in [-0.15, -0.1) is 11.3 Å². The number of aromatic nitrogens is 1. The number of hydrogen-bond acceptors (Lipinski definition) is 5. The second kappa shape index (κ2) is 4.99. The number of fused-ring (bicyclic) bond motifs is 1. The highest BCUT2D eigenvalue weighted by Crippen LogP contribution is 2.29. The molecule has 5 nitrogen and oxygen atoms in total. The summed E-state index contributed by atoms with van der Waals surface area (Å²) in [6, 6.07) is 5.20. The third-order valence-electron chi connectivity index (χ3n) is 2.97. The standard InChI is InChI=1S/C11H12ClN3O2S2/c12-8-1-2-9-10(7-8)18-11(14-9)19(16,17)15-5-3-13-4-6-15/h1-2,7,13H,3-6H2. The lowest BCUT2D eigenvalue weighted by atomic mass is 10.3. The second-order valence-electron chi connectivity index (χ2n) is 4.25. The molecule has 2 heterocycles. The van der Waals surface area contributed by atoms with E-state index in [4.69, 9.17) is 11.6 Å². The van der Waals surface area contributed by atoms with Gasteiger partial charge < -0.3 is 5.32 Å². The summed E-state index contributed by atoms with van der Waals surface area (Å²) in [7, 11) is -3.48. The van der Waals surface area contributed by atoms with Gasteiger partial charge in [0.15, 0.2) is 0 Å². The molecule has 0 spiro atoms. The van der Waals surface area contributed by atoms with Gasteiger partial charge in [-0.25, -0.2) is 13.4 Å². The number of thiazole rings is 1. The van der Waals surface area contributed by atoms with Gasteiger partial charge >= 0.3 is 0 Å². The molecule has 1 saturated heterocycles. The van der Waals surface area contributed by atoms with Crippen LogP contribution in [0.3, 0.4) is 0 Å². The number of sulfonamides is 1. The van der Waals surface area contributed by atoms with Crippen LogP contribution in [-0.2, 0) is 10.0 Å². The highest BCUT2D eigenvalue weighted by atomic mass is 35.5. The fourth-order valence-electron chi connectivity index (χ4n) is 1.98. The maximum Gasteiger partial charge on any atom is 0.270 e. The lowest BCUT2D eigenvalue weighted by Crippen LogP contribution is -2.46. The van der Waals surface area contributed by atoms with Gasteiger partial charge in [-0.2, -0.15) is 4.31 Å². The predicted octanol–water partition coefficient (Wildman–Crippen LogP) is 1.54. The molecule has 2 aromatic rings. The van der Waals surface area contributed by atoms with E-state index in [2.05, 4.69) is 10.3 Å². The Balaban J connectivity index is 2.02. The van der Waals surface area contributed by atoms with Crippen molar-refractivity contribution in [1.82, 2.24) is 14.6 Å². The zero-order chi connectivity index (χ0) is 13.5. The molecule has 0 atom stereocenters. The summed E-state index contributed by atoms with van der Waals surface area (Å²) in [4.78, 5) is 4.21. The van der Waals surface area contributed by atoms with E-state index in [1.54, 1.807) is 18.2 Å². The first-order chi connectivity index (χ1) is 9.07. The molecule has 102 valence electrons. The minimum Gasteiger partial charge on any atom is -0.314 e. The van der Waals surface area contributed by atoms with E-state index in [1.165, 1.54) is 15.6 Å². The monoisotopic (exact) mass is 317 g/mol. The van der Waals surface area contributed by atoms with Crippen LogP contribution in [0.25, 0.3) is 10.2 Å². The first-order valence-corrected chi connectivity index (χ1v) is 8.48. The van der Waals surface area contributed by atoms with E-state index in [-0.39, 0.29) is 4.34 Å². The van der Waals surface area contributed by atoms with E-state index < -0.39 is 10.0 Å². The van der Waals surface area contributed by atoms with Crippen molar-refractivity contribution in [2.45, 2.75) is 4.34 Å². The molecule has 0 saturated carbocycles. The van der Waals surface area contributed by atoms with Crippen molar-refractivity contribution >= 4 is 43.2 Å². The van der Waals surface area contributed by atoms with Crippen LogP contribution in [0.5, 0.6) is 0 Å². The van der Waals surface area contributed by atoms with Crippen LogP contribution in [0.15, 0.2) is 22.5 Å². The molecular weight excluding hydrogens is 306 g/mol. The highest BCUT2D eigenvalue weighted by molar-refractivity contribution is 7.91. The molecule has 0 aliphatic carbocycles. The first-order valence-electron chi connectivity index (χ1n) is 5.84. The van der Waals surface area contributed by atoms with Gasteiger partial charge in [-0.05, 0) is 18.2 Å². The molecular formula is C11H12ClN3O2S2. The highest BCUT2D eigenvalue weighted by Gasteiger charge is 2.28. The third-order valence-corrected chi connectivity index (χ3v) is 6.47. The van der Waals surface area contributed by atoms with E-state index in [0.717, 1.165) is 4.70 Å². The quantitative estimate of drug-likeness (QED) is 0.912. The molecule has 1 N–H and O–H groups in total. The molecule has 0 unspecified atom stereocenters. The summed E-state index contributed by atoms with van der Waals surface area (Å²) in [5.74, 6) is 0. The van der Waals surface area contributed by atoms with Crippen LogP contribution >= 0.6 is 22.9 Å². The normalized spacial score (nSPS) is 17.9. The van der Waals surface area contributed by atoms with Gasteiger partial charge in [0.25, 0.3) is 10.0 Å². The molecule has 19 heavy (non-hydrogen) atoms. The molecule has 3 rings (SSSR count). The summed E-state index contributed by atoms with van der Waals surface area (Å²) in [5, 5.41) is 3.72. The molecule has 8 heteroatoms. The molecule has 1 aromatic carbocycles. The van der Waals surface area contributed by atoms with Gasteiger partial charge in [-0.1, -0.05) is 11.6 Å². The fraction of sp³-hybridized carbons (Fsp3) is 0.364. The predicted molar refractivity (Wildman–Crippen MR) is 76.3 cm³/mol. The SMILES string of the molecule is O=S(=O)(c1nc2ccc(Cl)cc2s1)N1CCNCC1. The van der Waals surface area contributed by atoms with Crippen molar-refractivity contribution < 1.29 is 8.42 Å². The second-order valence-corrected chi connectivity index (χ2v) is 7.82. The number of halogens is 1. The molecule has 1 aliphatic rings. The number of benzene rings is 1. The molecule has 1 aromatic heterocycles. The van der Waals surface area contributed by atoms with Crippen LogP contribution in [0.2, 0.25) is 5.02 Å². The van der Waals surface area contributed by atoms with Crippen LogP contribution in [0, 0.1) is 0 Å². The Kier molecular flexibility index (Phi) is 3.48. The summed E-state index contributed by atoms with van der Waals surface area (Å²) in [5.41, 5.74) is 0.670. The minimum absolute atomic E-state index is 0.145. The van der Waals surface area contributed by atoms with Crippen molar-refractivity contribution in [3.05, 3.63) is 23.2 Å². The van der Waals surface area contributed by atoms with E-state index >= 15 is 0 Å². The van der Waals surface area contributed by atoms with Crippen molar-refractivity contribution in [2.75, 3.05) is 26.2 Å². The van der Waals surface area contributed by atoms with E-state index in [1.807, 2.05) is 0 Å². The lowest BCUT2D eigenvalue weighted by molar-refractivity contribution is 0.360. The Labute approximate surface area is 120 Å². The molecule has 1 fully saturated rings. The maximum atomic E-state index is 12.5. The Bertz CT molecular complexity index is 708. The average Bonchev–Trinajstić information content (AvgIpc) is 2.83. The van der Waals surface area contributed by atoms with Gasteiger partial charge in [0.05, 0.1) is 10.2 Å². The smallest absolute Gasteiger partial charge is 0.270 e. The summed E-state index contributed by atoms with van der Waals surface area (Å²) >= 11 is 7.07. The maximum absolute atomic E-state index is 12.5. The van der Waals surface area contributed by atoms with Gasteiger partial charge in [-0.3, -0.25) is 0 Å². The molecule has 0 radical (unpaired) electrons. The Morgan fingerprint density at radius 2 is 2.05 bits per heavy atom. The Morgan fingerprint density at radius 1 is 1.32 bits per heavy atom. The zero-order valence-electron chi connectivity index (χ0n) is 9.97. The van der Waals surface area contributed by atoms with Gasteiger partial charge in [0.2, 0.25) is 4.34 Å². The largest absolute Gasteiger partial charge is 0.314 e. The topological polar surface area (TPSA) is 62.3 Å². The van der Waals surface area contributed by atoms with Gasteiger partial charge in [0, 0.05) is 31.2 Å². The number of nitrogens with zero attached hydrogens (tertiary/aromatic N) is 2.